The van der Waals surface area contributed by atoms with Crippen LogP contribution in [0.5, 0.6) is 0 Å². The summed E-state index contributed by atoms with van der Waals surface area (Å²) in [5, 5.41) is 10.1. The second-order valence-corrected chi connectivity index (χ2v) is 9.07. The summed E-state index contributed by atoms with van der Waals surface area (Å²) in [7, 11) is -2.90. The molecule has 0 aromatic rings. The first-order chi connectivity index (χ1) is 8.98. The summed E-state index contributed by atoms with van der Waals surface area (Å²) in [5.74, 6) is 0. The van der Waals surface area contributed by atoms with Gasteiger partial charge in [0, 0.05) is 0 Å². The predicted octanol–water partition coefficient (Wildman–Crippen LogP) is 3.21. The van der Waals surface area contributed by atoms with Crippen molar-refractivity contribution in [2.75, 3.05) is 0 Å². The standard InChI is InChI=1S/C15H28O3S/c1-2-3-4-5-6-7-10-15(16)11-13-8-9-14(12-15)19(13,17)18/h13-14,16H,2-12H2,1H3. The van der Waals surface area contributed by atoms with Gasteiger partial charge in [0.2, 0.25) is 0 Å². The minimum Gasteiger partial charge on any atom is -0.390 e. The molecule has 0 saturated carbocycles. The number of hydrogen-bond donors (Lipinski definition) is 1. The van der Waals surface area contributed by atoms with Gasteiger partial charge in [-0.15, -0.1) is 0 Å². The molecule has 112 valence electrons. The summed E-state index contributed by atoms with van der Waals surface area (Å²) in [5.41, 5.74) is -0.693. The third-order valence-electron chi connectivity index (χ3n) is 4.95. The van der Waals surface area contributed by atoms with Crippen LogP contribution in [0.4, 0.5) is 0 Å². The highest BCUT2D eigenvalue weighted by molar-refractivity contribution is 7.93. The van der Waals surface area contributed by atoms with Crippen LogP contribution in [-0.4, -0.2) is 29.6 Å². The van der Waals surface area contributed by atoms with E-state index in [1.807, 2.05) is 0 Å². The molecule has 3 nitrogen and oxygen atoms in total. The molecule has 2 aliphatic heterocycles. The molecule has 2 aliphatic rings. The molecule has 2 atom stereocenters. The molecule has 0 radical (unpaired) electrons. The van der Waals surface area contributed by atoms with Gasteiger partial charge in [0.1, 0.15) is 0 Å². The average molecular weight is 288 g/mol. The number of sulfone groups is 1. The first-order valence-electron chi connectivity index (χ1n) is 7.93. The van der Waals surface area contributed by atoms with Crippen molar-refractivity contribution < 1.29 is 13.5 Å². The van der Waals surface area contributed by atoms with Gasteiger partial charge in [-0.1, -0.05) is 45.4 Å². The summed E-state index contributed by atoms with van der Waals surface area (Å²) in [4.78, 5) is 0. The first-order valence-corrected chi connectivity index (χ1v) is 9.54. The maximum absolute atomic E-state index is 12.0. The molecule has 2 unspecified atom stereocenters. The van der Waals surface area contributed by atoms with E-state index in [9.17, 15) is 13.5 Å². The Labute approximate surface area is 117 Å². The summed E-state index contributed by atoms with van der Waals surface area (Å²) < 4.78 is 24.0. The number of unbranched alkanes of at least 4 members (excludes halogenated alkanes) is 5. The quantitative estimate of drug-likeness (QED) is 0.732. The third kappa shape index (κ3) is 3.52. The molecule has 2 fully saturated rings. The molecular weight excluding hydrogens is 260 g/mol. The Morgan fingerprint density at radius 1 is 1.00 bits per heavy atom. The van der Waals surface area contributed by atoms with Crippen molar-refractivity contribution in [1.29, 1.82) is 0 Å². The molecule has 19 heavy (non-hydrogen) atoms. The fraction of sp³-hybridized carbons (Fsp3) is 1.00. The van der Waals surface area contributed by atoms with Gasteiger partial charge in [0.25, 0.3) is 0 Å². The van der Waals surface area contributed by atoms with Crippen LogP contribution >= 0.6 is 0 Å². The van der Waals surface area contributed by atoms with Gasteiger partial charge < -0.3 is 5.11 Å². The zero-order chi connectivity index (χ0) is 13.9. The zero-order valence-corrected chi connectivity index (χ0v) is 12.9. The molecular formula is C15H28O3S. The minimum atomic E-state index is -2.90. The van der Waals surface area contributed by atoms with Gasteiger partial charge in [-0.2, -0.15) is 0 Å². The molecule has 0 aromatic carbocycles. The normalized spacial score (nSPS) is 36.5. The Hall–Kier alpha value is -0.0900. The molecule has 2 saturated heterocycles. The maximum atomic E-state index is 12.0. The predicted molar refractivity (Wildman–Crippen MR) is 77.9 cm³/mol. The molecule has 2 bridgehead atoms. The number of rotatable bonds is 7. The molecule has 2 heterocycles. The summed E-state index contributed by atoms with van der Waals surface area (Å²) in [6, 6.07) is 0. The highest BCUT2D eigenvalue weighted by Crippen LogP contribution is 2.44. The van der Waals surface area contributed by atoms with E-state index >= 15 is 0 Å². The smallest absolute Gasteiger partial charge is 0.156 e. The van der Waals surface area contributed by atoms with Crippen molar-refractivity contribution in [1.82, 2.24) is 0 Å². The van der Waals surface area contributed by atoms with Crippen LogP contribution in [0.3, 0.4) is 0 Å². The number of fused-ring (bicyclic) bond motifs is 2. The van der Waals surface area contributed by atoms with Crippen molar-refractivity contribution in [2.24, 2.45) is 0 Å². The molecule has 2 rings (SSSR count). The lowest BCUT2D eigenvalue weighted by atomic mass is 9.87. The SMILES string of the molecule is CCCCCCCCC1(O)CC2CCC(C1)S2(=O)=O. The second kappa shape index (κ2) is 6.13. The van der Waals surface area contributed by atoms with Crippen molar-refractivity contribution in [3.63, 3.8) is 0 Å². The van der Waals surface area contributed by atoms with Crippen molar-refractivity contribution >= 4 is 9.84 Å². The highest BCUT2D eigenvalue weighted by atomic mass is 32.2. The van der Waals surface area contributed by atoms with E-state index < -0.39 is 15.4 Å². The Balaban J connectivity index is 1.76. The summed E-state index contributed by atoms with van der Waals surface area (Å²) >= 11 is 0. The van der Waals surface area contributed by atoms with Crippen molar-refractivity contribution in [3.8, 4) is 0 Å². The van der Waals surface area contributed by atoms with Crippen LogP contribution in [0.1, 0.15) is 77.6 Å². The Morgan fingerprint density at radius 2 is 1.53 bits per heavy atom. The molecule has 0 spiro atoms. The van der Waals surface area contributed by atoms with Crippen LogP contribution in [0.25, 0.3) is 0 Å². The Kier molecular flexibility index (Phi) is 4.93. The molecule has 0 aromatic heterocycles. The van der Waals surface area contributed by atoms with E-state index in [2.05, 4.69) is 6.92 Å². The largest absolute Gasteiger partial charge is 0.390 e. The van der Waals surface area contributed by atoms with E-state index in [0.29, 0.717) is 12.8 Å². The van der Waals surface area contributed by atoms with Gasteiger partial charge in [0.15, 0.2) is 9.84 Å². The first kappa shape index (κ1) is 15.3. The summed E-state index contributed by atoms with van der Waals surface area (Å²) in [6.07, 6.45) is 10.6. The van der Waals surface area contributed by atoms with Crippen LogP contribution in [0.15, 0.2) is 0 Å². The average Bonchev–Trinajstić information content (AvgIpc) is 2.54. The van der Waals surface area contributed by atoms with Gasteiger partial charge in [0.05, 0.1) is 16.1 Å². The topological polar surface area (TPSA) is 54.4 Å². The fourth-order valence-electron chi connectivity index (χ4n) is 3.78. The zero-order valence-electron chi connectivity index (χ0n) is 12.1. The molecule has 1 N–H and O–H groups in total. The Bertz CT molecular complexity index is 368. The van der Waals surface area contributed by atoms with Crippen molar-refractivity contribution in [2.45, 2.75) is 93.7 Å². The van der Waals surface area contributed by atoms with Gasteiger partial charge in [-0.05, 0) is 32.1 Å². The molecule has 0 amide bonds. The maximum Gasteiger partial charge on any atom is 0.156 e. The number of hydrogen-bond acceptors (Lipinski definition) is 3. The lowest BCUT2D eigenvalue weighted by Gasteiger charge is -2.36. The fourth-order valence-corrected chi connectivity index (χ4v) is 6.34. The minimum absolute atomic E-state index is 0.253. The van der Waals surface area contributed by atoms with E-state index in [0.717, 1.165) is 25.7 Å². The molecule has 0 aliphatic carbocycles. The number of aliphatic hydroxyl groups is 1. The monoisotopic (exact) mass is 288 g/mol. The van der Waals surface area contributed by atoms with E-state index in [4.69, 9.17) is 0 Å². The van der Waals surface area contributed by atoms with E-state index in [1.54, 1.807) is 0 Å². The van der Waals surface area contributed by atoms with E-state index in [-0.39, 0.29) is 10.5 Å². The van der Waals surface area contributed by atoms with Crippen molar-refractivity contribution in [3.05, 3.63) is 0 Å². The lowest BCUT2D eigenvalue weighted by molar-refractivity contribution is 0.0108. The second-order valence-electron chi connectivity index (χ2n) is 6.56. The van der Waals surface area contributed by atoms with Gasteiger partial charge >= 0.3 is 0 Å². The van der Waals surface area contributed by atoms with E-state index in [1.165, 1.54) is 32.1 Å². The van der Waals surface area contributed by atoms with Crippen LogP contribution in [-0.2, 0) is 9.84 Å². The summed E-state index contributed by atoms with van der Waals surface area (Å²) in [6.45, 7) is 2.21. The van der Waals surface area contributed by atoms with Gasteiger partial charge in [-0.3, -0.25) is 0 Å². The van der Waals surface area contributed by atoms with Crippen LogP contribution in [0.2, 0.25) is 0 Å². The third-order valence-corrected chi connectivity index (χ3v) is 7.61. The van der Waals surface area contributed by atoms with Crippen LogP contribution < -0.4 is 0 Å². The van der Waals surface area contributed by atoms with Gasteiger partial charge in [-0.25, -0.2) is 8.42 Å². The lowest BCUT2D eigenvalue weighted by Crippen LogP contribution is -2.44. The molecule has 4 heteroatoms. The Morgan fingerprint density at radius 3 is 2.11 bits per heavy atom. The van der Waals surface area contributed by atoms with Crippen LogP contribution in [0, 0.1) is 0 Å². The highest BCUT2D eigenvalue weighted by Gasteiger charge is 2.52.